The number of imide groups is 1. The van der Waals surface area contributed by atoms with Crippen LogP contribution in [0.3, 0.4) is 0 Å². The molecule has 1 saturated heterocycles. The van der Waals surface area contributed by atoms with Gasteiger partial charge in [0.05, 0.1) is 0 Å². The Morgan fingerprint density at radius 3 is 1.74 bits per heavy atom. The number of halogens is 4. The fraction of sp³-hybridized carbons (Fsp3) is 0.429. The molecule has 1 spiro atoms. The van der Waals surface area contributed by atoms with Gasteiger partial charge in [-0.1, -0.05) is 31.9 Å². The second-order valence-corrected chi connectivity index (χ2v) is 13.2. The Bertz CT molecular complexity index is 1330. The van der Waals surface area contributed by atoms with E-state index >= 15 is 0 Å². The number of hydrogen-bond acceptors (Lipinski definition) is 6. The van der Waals surface area contributed by atoms with Gasteiger partial charge < -0.3 is 15.5 Å². The minimum atomic E-state index is -0.759. The largest absolute Gasteiger partial charge is 1.00 e. The number of nitrogens with zero attached hydrogens (tertiary/aromatic N) is 2. The van der Waals surface area contributed by atoms with Crippen LogP contribution >= 0.6 is 55.1 Å². The van der Waals surface area contributed by atoms with Crippen LogP contribution in [0.1, 0.15) is 54.9 Å². The fourth-order valence-corrected chi connectivity index (χ4v) is 4.82. The van der Waals surface area contributed by atoms with Crippen LogP contribution in [0.4, 0.5) is 16.2 Å². The molecule has 9 nitrogen and oxygen atoms in total. The summed E-state index contributed by atoms with van der Waals surface area (Å²) in [6, 6.07) is 7.52. The maximum Gasteiger partial charge on any atom is 1.00 e. The van der Waals surface area contributed by atoms with Gasteiger partial charge in [-0.2, -0.15) is 0 Å². The van der Waals surface area contributed by atoms with E-state index in [1.807, 2.05) is 52.0 Å². The van der Waals surface area contributed by atoms with Gasteiger partial charge in [0, 0.05) is 26.6 Å². The normalized spacial score (nSPS) is 16.3. The number of carbonyl (C=O) groups excluding carboxylic acids is 2. The summed E-state index contributed by atoms with van der Waals surface area (Å²) < 4.78 is 2.13. The molecule has 2 aromatic rings. The van der Waals surface area contributed by atoms with E-state index in [1.54, 1.807) is 11.8 Å². The molecule has 1 aliphatic heterocycles. The number of anilines is 2. The molecule has 0 unspecified atom stereocenters. The monoisotopic (exact) mass is 770 g/mol. The van der Waals surface area contributed by atoms with Gasteiger partial charge in [-0.05, 0) is 107 Å². The standard InChI is InChI=1S/C13H13BrN2O2.C12H14BrNO2.C2H4Cl2.CHNO.K/c1-7-5-9(6-8(2)10(7)14)16-12(18)15-11(17)13(16)3-4-13;1-7-5-9(6-8(2)10(7)13)14-12(3-4-12)11(15)16;1-2(3)4;2-1-3;/h5-6H,3-4H2,1-2H3,(H,15,17,18);5-6,14H,3-4H2,1-2H3,(H,15,16);2H,1H3;3H;/q;;;;+1/p-1. The van der Waals surface area contributed by atoms with Crippen molar-refractivity contribution >= 4 is 84.3 Å². The minimum absolute atomic E-state index is 0. The van der Waals surface area contributed by atoms with Gasteiger partial charge in [0.15, 0.2) is 0 Å². The summed E-state index contributed by atoms with van der Waals surface area (Å²) in [6.45, 7) is 9.67. The van der Waals surface area contributed by atoms with Gasteiger partial charge in [0.1, 0.15) is 15.9 Å². The molecule has 2 aliphatic carbocycles. The average Bonchev–Trinajstić information content (AvgIpc) is 3.77. The van der Waals surface area contributed by atoms with Gasteiger partial charge in [-0.25, -0.2) is 14.9 Å². The number of urea groups is 1. The van der Waals surface area contributed by atoms with Crippen molar-refractivity contribution in [1.29, 1.82) is 5.26 Å². The second-order valence-electron chi connectivity index (χ2n) is 10.1. The van der Waals surface area contributed by atoms with Crippen LogP contribution in [-0.2, 0) is 9.59 Å². The summed E-state index contributed by atoms with van der Waals surface area (Å²) in [5.41, 5.74) is 4.72. The predicted molar refractivity (Wildman–Crippen MR) is 165 cm³/mol. The van der Waals surface area contributed by atoms with E-state index in [0.29, 0.717) is 19.1 Å². The van der Waals surface area contributed by atoms with E-state index in [9.17, 15) is 14.4 Å². The number of aliphatic carboxylic acids is 1. The summed E-state index contributed by atoms with van der Waals surface area (Å²) in [6.07, 6.45) is 3.41. The first-order valence-electron chi connectivity index (χ1n) is 12.5. The quantitative estimate of drug-likeness (QED) is 0.187. The summed E-state index contributed by atoms with van der Waals surface area (Å²) in [5, 5.41) is 29.6. The molecular weight excluding hydrogens is 742 g/mol. The maximum atomic E-state index is 11.9. The first-order chi connectivity index (χ1) is 19.0. The van der Waals surface area contributed by atoms with Crippen LogP contribution in [0, 0.1) is 39.2 Å². The molecule has 0 radical (unpaired) electrons. The Balaban J connectivity index is 0.000000340. The van der Waals surface area contributed by atoms with E-state index in [0.717, 1.165) is 55.4 Å². The summed E-state index contributed by atoms with van der Waals surface area (Å²) in [4.78, 5) is 36.2. The molecular formula is C28H31Br2Cl2KN4O5. The average molecular weight is 773 g/mol. The molecule has 42 heavy (non-hydrogen) atoms. The maximum absolute atomic E-state index is 11.9. The molecule has 0 atom stereocenters. The first kappa shape index (κ1) is 39.1. The summed E-state index contributed by atoms with van der Waals surface area (Å²) in [7, 11) is 0. The Morgan fingerprint density at radius 1 is 1.02 bits per heavy atom. The predicted octanol–water partition coefficient (Wildman–Crippen LogP) is 3.39. The van der Waals surface area contributed by atoms with Gasteiger partial charge in [0.25, 0.3) is 5.91 Å². The first-order valence-corrected chi connectivity index (χ1v) is 15.0. The zero-order valence-electron chi connectivity index (χ0n) is 24.2. The van der Waals surface area contributed by atoms with Crippen LogP contribution in [0.2, 0.25) is 0 Å². The van der Waals surface area contributed by atoms with E-state index in [1.165, 1.54) is 0 Å². The van der Waals surface area contributed by atoms with Gasteiger partial charge in [-0.15, -0.1) is 23.2 Å². The second kappa shape index (κ2) is 16.4. The number of amides is 3. The molecule has 3 N–H and O–H groups in total. The summed E-state index contributed by atoms with van der Waals surface area (Å²) in [5.74, 6) is -0.920. The zero-order valence-corrected chi connectivity index (χ0v) is 32.0. The Hall–Kier alpha value is -0.884. The van der Waals surface area contributed by atoms with E-state index < -0.39 is 17.0 Å². The Labute approximate surface area is 315 Å². The van der Waals surface area contributed by atoms with Crippen molar-refractivity contribution in [3.05, 3.63) is 55.5 Å². The van der Waals surface area contributed by atoms with Crippen LogP contribution in [0.15, 0.2) is 33.2 Å². The number of rotatable bonds is 4. The van der Waals surface area contributed by atoms with Gasteiger partial charge in [0.2, 0.25) is 0 Å². The number of nitriles is 1. The Kier molecular flexibility index (Phi) is 15.3. The Morgan fingerprint density at radius 2 is 1.40 bits per heavy atom. The topological polar surface area (TPSA) is 146 Å². The van der Waals surface area contributed by atoms with Gasteiger partial charge >= 0.3 is 63.4 Å². The number of nitrogens with one attached hydrogen (secondary N) is 2. The number of carboxylic acid groups (broad SMARTS) is 1. The summed E-state index contributed by atoms with van der Waals surface area (Å²) >= 11 is 17.1. The van der Waals surface area contributed by atoms with Crippen molar-refractivity contribution < 1.29 is 76.0 Å². The van der Waals surface area contributed by atoms with Gasteiger partial charge in [-0.3, -0.25) is 15.0 Å². The van der Waals surface area contributed by atoms with E-state index in [2.05, 4.69) is 42.5 Å². The van der Waals surface area contributed by atoms with Crippen molar-refractivity contribution in [3.8, 4) is 6.26 Å². The molecule has 1 heterocycles. The molecule has 0 aromatic heterocycles. The van der Waals surface area contributed by atoms with E-state index in [-0.39, 0.29) is 68.2 Å². The minimum Gasteiger partial charge on any atom is -0.812 e. The molecule has 222 valence electrons. The number of hydrogen-bond donors (Lipinski definition) is 3. The molecule has 2 saturated carbocycles. The molecule has 2 aromatic carbocycles. The number of benzene rings is 2. The molecule has 3 aliphatic rings. The van der Waals surface area contributed by atoms with Crippen molar-refractivity contribution in [3.63, 3.8) is 0 Å². The molecule has 14 heteroatoms. The van der Waals surface area contributed by atoms with Crippen LogP contribution in [0.25, 0.3) is 0 Å². The third-order valence-corrected chi connectivity index (χ3v) is 9.16. The third-order valence-electron chi connectivity index (χ3n) is 6.66. The van der Waals surface area contributed by atoms with Crippen LogP contribution < -0.4 is 72.0 Å². The molecule has 3 amide bonds. The third kappa shape index (κ3) is 9.81. The van der Waals surface area contributed by atoms with Crippen molar-refractivity contribution in [2.45, 2.75) is 76.2 Å². The van der Waals surface area contributed by atoms with Crippen LogP contribution in [0.5, 0.6) is 0 Å². The number of aryl methyl sites for hydroxylation is 4. The number of alkyl halides is 2. The smallest absolute Gasteiger partial charge is 0.812 e. The van der Waals surface area contributed by atoms with E-state index in [4.69, 9.17) is 38.7 Å². The number of carbonyl (C=O) groups is 3. The molecule has 0 bridgehead atoms. The van der Waals surface area contributed by atoms with Crippen molar-refractivity contribution in [2.24, 2.45) is 0 Å². The SMILES string of the molecule is CC(Cl)Cl.Cc1cc(N2C(=O)NC(=O)C23CC3)cc(C)c1Br.Cc1cc(NC2(C(=O)O)CC2)cc(C)c1Br.N#C[O-].[K+]. The zero-order chi connectivity index (χ0) is 31.3. The fourth-order valence-electron chi connectivity index (χ4n) is 4.36. The van der Waals surface area contributed by atoms with Crippen molar-refractivity contribution in [1.82, 2.24) is 5.32 Å². The number of carboxylic acids is 1. The molecule has 3 fully saturated rings. The van der Waals surface area contributed by atoms with Crippen LogP contribution in [-0.4, -0.2) is 38.9 Å². The molecule has 5 rings (SSSR count). The van der Waals surface area contributed by atoms with Crippen molar-refractivity contribution in [2.75, 3.05) is 10.2 Å².